The maximum absolute atomic E-state index is 12.1. The first-order valence-corrected chi connectivity index (χ1v) is 10.6. The topological polar surface area (TPSA) is 67.4 Å². The van der Waals surface area contributed by atoms with Gasteiger partial charge in [0, 0.05) is 22.7 Å². The van der Waals surface area contributed by atoms with Crippen LogP contribution in [-0.2, 0) is 9.59 Å². The fourth-order valence-corrected chi connectivity index (χ4v) is 3.10. The SMILES string of the molecule is CCCCOc1ccc(NC(=O)CSc2ccc(NC(=O)CCC)cc2)cc1. The van der Waals surface area contributed by atoms with Gasteiger partial charge in [-0.05, 0) is 61.4 Å². The molecular formula is C22H28N2O3S. The average molecular weight is 401 g/mol. The Hall–Kier alpha value is -2.47. The number of carbonyl (C=O) groups excluding carboxylic acids is 2. The van der Waals surface area contributed by atoms with Gasteiger partial charge in [0.1, 0.15) is 5.75 Å². The first kappa shape index (κ1) is 21.8. The highest BCUT2D eigenvalue weighted by Gasteiger charge is 2.05. The Morgan fingerprint density at radius 3 is 2.07 bits per heavy atom. The zero-order chi connectivity index (χ0) is 20.2. The molecule has 2 N–H and O–H groups in total. The molecule has 2 aromatic rings. The Kier molecular flexibility index (Phi) is 9.42. The third-order valence-corrected chi connectivity index (χ3v) is 4.90. The maximum atomic E-state index is 12.1. The van der Waals surface area contributed by atoms with Crippen molar-refractivity contribution in [2.24, 2.45) is 0 Å². The number of benzene rings is 2. The van der Waals surface area contributed by atoms with E-state index in [1.54, 1.807) is 0 Å². The number of anilines is 2. The molecule has 0 bridgehead atoms. The maximum Gasteiger partial charge on any atom is 0.234 e. The fraction of sp³-hybridized carbons (Fsp3) is 0.364. The van der Waals surface area contributed by atoms with Crippen molar-refractivity contribution in [3.63, 3.8) is 0 Å². The summed E-state index contributed by atoms with van der Waals surface area (Å²) in [5.74, 6) is 1.08. The van der Waals surface area contributed by atoms with Gasteiger partial charge < -0.3 is 15.4 Å². The van der Waals surface area contributed by atoms with Crippen LogP contribution in [0.1, 0.15) is 39.5 Å². The molecule has 0 aliphatic heterocycles. The van der Waals surface area contributed by atoms with E-state index in [0.29, 0.717) is 18.8 Å². The van der Waals surface area contributed by atoms with Gasteiger partial charge >= 0.3 is 0 Å². The monoisotopic (exact) mass is 400 g/mol. The Morgan fingerprint density at radius 2 is 1.46 bits per heavy atom. The molecule has 6 heteroatoms. The lowest BCUT2D eigenvalue weighted by molar-refractivity contribution is -0.116. The van der Waals surface area contributed by atoms with E-state index in [0.717, 1.165) is 41.3 Å². The van der Waals surface area contributed by atoms with E-state index in [2.05, 4.69) is 17.6 Å². The predicted octanol–water partition coefficient (Wildman–Crippen LogP) is 5.33. The molecule has 0 saturated heterocycles. The lowest BCUT2D eigenvalue weighted by atomic mass is 10.3. The molecule has 2 rings (SSSR count). The second-order valence-electron chi connectivity index (χ2n) is 6.39. The van der Waals surface area contributed by atoms with Crippen molar-refractivity contribution < 1.29 is 14.3 Å². The molecule has 0 fully saturated rings. The van der Waals surface area contributed by atoms with Crippen molar-refractivity contribution in [3.8, 4) is 5.75 Å². The van der Waals surface area contributed by atoms with Gasteiger partial charge in [-0.3, -0.25) is 9.59 Å². The van der Waals surface area contributed by atoms with Gasteiger partial charge in [-0.2, -0.15) is 0 Å². The van der Waals surface area contributed by atoms with Crippen LogP contribution in [0.5, 0.6) is 5.75 Å². The van der Waals surface area contributed by atoms with Crippen LogP contribution in [0.4, 0.5) is 11.4 Å². The summed E-state index contributed by atoms with van der Waals surface area (Å²) in [6.07, 6.45) is 3.47. The predicted molar refractivity (Wildman–Crippen MR) is 116 cm³/mol. The number of hydrogen-bond acceptors (Lipinski definition) is 4. The van der Waals surface area contributed by atoms with Crippen LogP contribution in [0, 0.1) is 0 Å². The Balaban J connectivity index is 1.75. The minimum atomic E-state index is -0.0648. The van der Waals surface area contributed by atoms with Crippen molar-refractivity contribution >= 4 is 35.0 Å². The normalized spacial score (nSPS) is 10.4. The molecule has 0 atom stereocenters. The van der Waals surface area contributed by atoms with Crippen molar-refractivity contribution in [1.82, 2.24) is 0 Å². The summed E-state index contributed by atoms with van der Waals surface area (Å²) in [7, 11) is 0. The van der Waals surface area contributed by atoms with Crippen LogP contribution in [0.25, 0.3) is 0 Å². The zero-order valence-electron chi connectivity index (χ0n) is 16.5. The number of nitrogens with one attached hydrogen (secondary N) is 2. The van der Waals surface area contributed by atoms with E-state index >= 15 is 0 Å². The van der Waals surface area contributed by atoms with Crippen LogP contribution in [0.3, 0.4) is 0 Å². The number of ether oxygens (including phenoxy) is 1. The van der Waals surface area contributed by atoms with E-state index in [1.807, 2.05) is 55.5 Å². The van der Waals surface area contributed by atoms with Crippen LogP contribution in [0.2, 0.25) is 0 Å². The van der Waals surface area contributed by atoms with Gasteiger partial charge in [0.25, 0.3) is 0 Å². The summed E-state index contributed by atoms with van der Waals surface area (Å²) in [4.78, 5) is 24.7. The Morgan fingerprint density at radius 1 is 0.857 bits per heavy atom. The summed E-state index contributed by atoms with van der Waals surface area (Å²) in [5, 5.41) is 5.74. The van der Waals surface area contributed by atoms with Crippen molar-refractivity contribution in [2.45, 2.75) is 44.4 Å². The summed E-state index contributed by atoms with van der Waals surface area (Å²) < 4.78 is 5.62. The molecule has 5 nitrogen and oxygen atoms in total. The number of amides is 2. The summed E-state index contributed by atoms with van der Waals surface area (Å²) in [6, 6.07) is 14.9. The second kappa shape index (κ2) is 12.1. The number of unbranched alkanes of at least 4 members (excludes halogenated alkanes) is 1. The first-order chi connectivity index (χ1) is 13.6. The first-order valence-electron chi connectivity index (χ1n) is 9.66. The van der Waals surface area contributed by atoms with Crippen LogP contribution >= 0.6 is 11.8 Å². The molecule has 0 radical (unpaired) electrons. The largest absolute Gasteiger partial charge is 0.494 e. The smallest absolute Gasteiger partial charge is 0.234 e. The molecule has 0 heterocycles. The fourth-order valence-electron chi connectivity index (χ4n) is 2.40. The van der Waals surface area contributed by atoms with Gasteiger partial charge in [0.05, 0.1) is 12.4 Å². The van der Waals surface area contributed by atoms with E-state index < -0.39 is 0 Å². The van der Waals surface area contributed by atoms with Crippen molar-refractivity contribution in [1.29, 1.82) is 0 Å². The molecule has 0 saturated carbocycles. The molecule has 2 amide bonds. The van der Waals surface area contributed by atoms with Gasteiger partial charge in [-0.25, -0.2) is 0 Å². The lowest BCUT2D eigenvalue weighted by Gasteiger charge is -2.08. The molecule has 0 aromatic heterocycles. The zero-order valence-corrected chi connectivity index (χ0v) is 17.3. The quantitative estimate of drug-likeness (QED) is 0.395. The highest BCUT2D eigenvalue weighted by Crippen LogP contribution is 2.21. The summed E-state index contributed by atoms with van der Waals surface area (Å²) in [5.41, 5.74) is 1.52. The number of thioether (sulfide) groups is 1. The molecule has 0 aliphatic rings. The third kappa shape index (κ3) is 8.05. The minimum Gasteiger partial charge on any atom is -0.494 e. The van der Waals surface area contributed by atoms with Crippen LogP contribution < -0.4 is 15.4 Å². The highest BCUT2D eigenvalue weighted by molar-refractivity contribution is 8.00. The lowest BCUT2D eigenvalue weighted by Crippen LogP contribution is -2.14. The van der Waals surface area contributed by atoms with E-state index in [4.69, 9.17) is 4.74 Å². The van der Waals surface area contributed by atoms with Crippen molar-refractivity contribution in [2.75, 3.05) is 23.0 Å². The van der Waals surface area contributed by atoms with Crippen LogP contribution in [0.15, 0.2) is 53.4 Å². The summed E-state index contributed by atoms with van der Waals surface area (Å²) in [6.45, 7) is 4.81. The van der Waals surface area contributed by atoms with Gasteiger partial charge in [-0.1, -0.05) is 20.3 Å². The molecule has 150 valence electrons. The number of hydrogen-bond donors (Lipinski definition) is 2. The van der Waals surface area contributed by atoms with E-state index in [1.165, 1.54) is 11.8 Å². The minimum absolute atomic E-state index is 0.0177. The molecule has 0 spiro atoms. The molecule has 2 aromatic carbocycles. The molecule has 0 unspecified atom stereocenters. The molecular weight excluding hydrogens is 372 g/mol. The van der Waals surface area contributed by atoms with E-state index in [9.17, 15) is 9.59 Å². The van der Waals surface area contributed by atoms with E-state index in [-0.39, 0.29) is 11.8 Å². The van der Waals surface area contributed by atoms with Crippen LogP contribution in [-0.4, -0.2) is 24.2 Å². The highest BCUT2D eigenvalue weighted by atomic mass is 32.2. The Labute approximate surface area is 171 Å². The third-order valence-electron chi connectivity index (χ3n) is 3.89. The van der Waals surface area contributed by atoms with Gasteiger partial charge in [-0.15, -0.1) is 11.8 Å². The summed E-state index contributed by atoms with van der Waals surface area (Å²) >= 11 is 1.45. The second-order valence-corrected chi connectivity index (χ2v) is 7.43. The standard InChI is InChI=1S/C22H28N2O3S/c1-3-5-15-27-19-11-7-17(8-12-19)24-22(26)16-28-20-13-9-18(10-14-20)23-21(25)6-4-2/h7-14H,3-6,15-16H2,1-2H3,(H,23,25)(H,24,26). The van der Waals surface area contributed by atoms with Gasteiger partial charge in [0.15, 0.2) is 0 Å². The van der Waals surface area contributed by atoms with Crippen molar-refractivity contribution in [3.05, 3.63) is 48.5 Å². The molecule has 28 heavy (non-hydrogen) atoms. The number of rotatable bonds is 11. The molecule has 0 aliphatic carbocycles. The average Bonchev–Trinajstić information content (AvgIpc) is 2.69. The number of carbonyl (C=O) groups is 2. The Bertz CT molecular complexity index is 745. The van der Waals surface area contributed by atoms with Gasteiger partial charge in [0.2, 0.25) is 11.8 Å².